The summed E-state index contributed by atoms with van der Waals surface area (Å²) in [5.41, 5.74) is 1.31. The van der Waals surface area contributed by atoms with Crippen LogP contribution in [0.25, 0.3) is 0 Å². The molecule has 1 N–H and O–H groups in total. The van der Waals surface area contributed by atoms with Crippen molar-refractivity contribution < 1.29 is 28.6 Å². The van der Waals surface area contributed by atoms with E-state index in [1.165, 1.54) is 14.0 Å². The van der Waals surface area contributed by atoms with Crippen LogP contribution >= 0.6 is 0 Å². The summed E-state index contributed by atoms with van der Waals surface area (Å²) in [7, 11) is 1.21. The molecule has 7 nitrogen and oxygen atoms in total. The lowest BCUT2D eigenvalue weighted by Gasteiger charge is -2.11. The molecule has 0 fully saturated rings. The van der Waals surface area contributed by atoms with Gasteiger partial charge in [-0.3, -0.25) is 0 Å². The molecule has 0 aliphatic rings. The maximum atomic E-state index is 12.1. The standard InChI is InChI=1S/C14H19NO6/c1-6-20-14(18)11-7(2)10(8(3)15-11)13(17)21-9(4)12(16)19-5/h9,15H,6H2,1-5H3. The van der Waals surface area contributed by atoms with Crippen LogP contribution in [0.2, 0.25) is 0 Å². The molecule has 0 saturated carbocycles. The second-order valence-corrected chi connectivity index (χ2v) is 4.42. The molecule has 1 atom stereocenters. The van der Waals surface area contributed by atoms with Crippen molar-refractivity contribution in [2.75, 3.05) is 13.7 Å². The number of H-pyrrole nitrogens is 1. The third kappa shape index (κ3) is 3.62. The molecule has 7 heteroatoms. The monoisotopic (exact) mass is 297 g/mol. The largest absolute Gasteiger partial charge is 0.466 e. The molecule has 21 heavy (non-hydrogen) atoms. The van der Waals surface area contributed by atoms with E-state index in [1.54, 1.807) is 20.8 Å². The highest BCUT2D eigenvalue weighted by atomic mass is 16.6. The molecule has 0 bridgehead atoms. The van der Waals surface area contributed by atoms with Gasteiger partial charge in [-0.2, -0.15) is 0 Å². The molecule has 116 valence electrons. The van der Waals surface area contributed by atoms with Gasteiger partial charge in [0.15, 0.2) is 6.10 Å². The van der Waals surface area contributed by atoms with Gasteiger partial charge in [0.1, 0.15) is 5.69 Å². The SMILES string of the molecule is CCOC(=O)c1[nH]c(C)c(C(=O)OC(C)C(=O)OC)c1C. The number of methoxy groups -OCH3 is 1. The van der Waals surface area contributed by atoms with Crippen LogP contribution in [0.3, 0.4) is 0 Å². The second-order valence-electron chi connectivity index (χ2n) is 4.42. The zero-order chi connectivity index (χ0) is 16.2. The van der Waals surface area contributed by atoms with Crippen molar-refractivity contribution in [2.45, 2.75) is 33.8 Å². The van der Waals surface area contributed by atoms with Gasteiger partial charge in [-0.05, 0) is 33.3 Å². The average Bonchev–Trinajstić information content (AvgIpc) is 2.73. The van der Waals surface area contributed by atoms with Gasteiger partial charge in [-0.15, -0.1) is 0 Å². The van der Waals surface area contributed by atoms with E-state index in [4.69, 9.17) is 9.47 Å². The van der Waals surface area contributed by atoms with Crippen molar-refractivity contribution >= 4 is 17.9 Å². The highest BCUT2D eigenvalue weighted by Gasteiger charge is 2.26. The van der Waals surface area contributed by atoms with E-state index in [-0.39, 0.29) is 17.9 Å². The van der Waals surface area contributed by atoms with E-state index in [9.17, 15) is 14.4 Å². The lowest BCUT2D eigenvalue weighted by atomic mass is 10.1. The zero-order valence-electron chi connectivity index (χ0n) is 12.7. The fourth-order valence-electron chi connectivity index (χ4n) is 1.90. The zero-order valence-corrected chi connectivity index (χ0v) is 12.7. The molecule has 0 spiro atoms. The summed E-state index contributed by atoms with van der Waals surface area (Å²) in [6.07, 6.45) is -1.03. The van der Waals surface area contributed by atoms with Gasteiger partial charge in [0.25, 0.3) is 0 Å². The minimum atomic E-state index is -1.03. The van der Waals surface area contributed by atoms with Crippen LogP contribution in [0, 0.1) is 13.8 Å². The van der Waals surface area contributed by atoms with E-state index in [0.717, 1.165) is 0 Å². The quantitative estimate of drug-likeness (QED) is 0.654. The molecule has 1 rings (SSSR count). The van der Waals surface area contributed by atoms with Gasteiger partial charge in [0.05, 0.1) is 19.3 Å². The van der Waals surface area contributed by atoms with Crippen LogP contribution in [-0.2, 0) is 19.0 Å². The van der Waals surface area contributed by atoms with Crippen LogP contribution in [-0.4, -0.2) is 42.7 Å². The fourth-order valence-corrected chi connectivity index (χ4v) is 1.90. The van der Waals surface area contributed by atoms with Crippen molar-refractivity contribution in [2.24, 2.45) is 0 Å². The summed E-state index contributed by atoms with van der Waals surface area (Å²) in [6, 6.07) is 0. The molecule has 0 saturated heterocycles. The van der Waals surface area contributed by atoms with Gasteiger partial charge in [0, 0.05) is 5.69 Å². The maximum absolute atomic E-state index is 12.1. The Labute approximate surface area is 122 Å². The Bertz CT molecular complexity index is 560. The van der Waals surface area contributed by atoms with E-state index in [2.05, 4.69) is 9.72 Å². The van der Waals surface area contributed by atoms with Crippen LogP contribution in [0.15, 0.2) is 0 Å². The number of nitrogens with one attached hydrogen (secondary N) is 1. The Balaban J connectivity index is 3.01. The number of esters is 3. The molecule has 1 aromatic heterocycles. The first kappa shape index (κ1) is 16.7. The van der Waals surface area contributed by atoms with Gasteiger partial charge in [0.2, 0.25) is 0 Å². The van der Waals surface area contributed by atoms with Crippen LogP contribution < -0.4 is 0 Å². The summed E-state index contributed by atoms with van der Waals surface area (Å²) in [5.74, 6) is -1.90. The Morgan fingerprint density at radius 2 is 1.81 bits per heavy atom. The van der Waals surface area contributed by atoms with E-state index in [0.29, 0.717) is 11.3 Å². The minimum Gasteiger partial charge on any atom is -0.466 e. The van der Waals surface area contributed by atoms with E-state index >= 15 is 0 Å². The highest BCUT2D eigenvalue weighted by molar-refractivity contribution is 5.99. The van der Waals surface area contributed by atoms with E-state index < -0.39 is 24.0 Å². The number of carbonyl (C=O) groups excluding carboxylic acids is 3. The Morgan fingerprint density at radius 3 is 2.33 bits per heavy atom. The molecule has 0 aliphatic heterocycles. The summed E-state index contributed by atoms with van der Waals surface area (Å²) in [4.78, 5) is 37.9. The van der Waals surface area contributed by atoms with E-state index in [1.807, 2.05) is 0 Å². The van der Waals surface area contributed by atoms with Crippen LogP contribution in [0.5, 0.6) is 0 Å². The smallest absolute Gasteiger partial charge is 0.355 e. The Kier molecular flexibility index (Phi) is 5.52. The summed E-state index contributed by atoms with van der Waals surface area (Å²) < 4.78 is 14.4. The number of rotatable bonds is 5. The molecule has 1 unspecified atom stereocenters. The summed E-state index contributed by atoms with van der Waals surface area (Å²) >= 11 is 0. The maximum Gasteiger partial charge on any atom is 0.355 e. The third-order valence-electron chi connectivity index (χ3n) is 2.94. The molecule has 0 aliphatic carbocycles. The molecular weight excluding hydrogens is 278 g/mol. The first-order chi connectivity index (χ1) is 9.83. The van der Waals surface area contributed by atoms with Crippen molar-refractivity contribution in [1.82, 2.24) is 4.98 Å². The molecule has 0 radical (unpaired) electrons. The molecule has 0 aromatic carbocycles. The van der Waals surface area contributed by atoms with Crippen molar-refractivity contribution in [3.05, 3.63) is 22.5 Å². The fraction of sp³-hybridized carbons (Fsp3) is 0.500. The number of aromatic nitrogens is 1. The van der Waals surface area contributed by atoms with Gasteiger partial charge in [-0.1, -0.05) is 0 Å². The first-order valence-electron chi connectivity index (χ1n) is 6.48. The van der Waals surface area contributed by atoms with Gasteiger partial charge < -0.3 is 19.2 Å². The number of hydrogen-bond donors (Lipinski definition) is 1. The Hall–Kier alpha value is -2.31. The lowest BCUT2D eigenvalue weighted by Crippen LogP contribution is -2.25. The average molecular weight is 297 g/mol. The third-order valence-corrected chi connectivity index (χ3v) is 2.94. The van der Waals surface area contributed by atoms with Crippen molar-refractivity contribution in [3.63, 3.8) is 0 Å². The summed E-state index contributed by atoms with van der Waals surface area (Å²) in [6.45, 7) is 6.57. The normalized spacial score (nSPS) is 11.7. The minimum absolute atomic E-state index is 0.201. The number of carbonyl (C=O) groups is 3. The lowest BCUT2D eigenvalue weighted by molar-refractivity contribution is -0.149. The number of hydrogen-bond acceptors (Lipinski definition) is 6. The summed E-state index contributed by atoms with van der Waals surface area (Å²) in [5, 5.41) is 0. The van der Waals surface area contributed by atoms with Gasteiger partial charge >= 0.3 is 17.9 Å². The molecular formula is C14H19NO6. The van der Waals surface area contributed by atoms with Crippen LogP contribution in [0.1, 0.15) is 46.0 Å². The number of ether oxygens (including phenoxy) is 3. The van der Waals surface area contributed by atoms with Crippen molar-refractivity contribution in [3.8, 4) is 0 Å². The molecule has 0 amide bonds. The first-order valence-corrected chi connectivity index (χ1v) is 6.48. The second kappa shape index (κ2) is 6.92. The predicted molar refractivity (Wildman–Crippen MR) is 73.1 cm³/mol. The van der Waals surface area contributed by atoms with Crippen LogP contribution in [0.4, 0.5) is 0 Å². The van der Waals surface area contributed by atoms with Gasteiger partial charge in [-0.25, -0.2) is 14.4 Å². The number of aryl methyl sites for hydroxylation is 1. The molecule has 1 aromatic rings. The number of aromatic amines is 1. The Morgan fingerprint density at radius 1 is 1.19 bits per heavy atom. The topological polar surface area (TPSA) is 94.7 Å². The molecule has 1 heterocycles. The predicted octanol–water partition coefficient (Wildman–Crippen LogP) is 1.53. The van der Waals surface area contributed by atoms with Crippen molar-refractivity contribution in [1.29, 1.82) is 0 Å². The highest BCUT2D eigenvalue weighted by Crippen LogP contribution is 2.20.